The summed E-state index contributed by atoms with van der Waals surface area (Å²) in [7, 11) is 0. The lowest BCUT2D eigenvalue weighted by atomic mass is 10.1. The van der Waals surface area contributed by atoms with Gasteiger partial charge in [0.05, 0.1) is 6.10 Å². The van der Waals surface area contributed by atoms with Crippen LogP contribution in [0.5, 0.6) is 0 Å². The molecule has 0 spiro atoms. The summed E-state index contributed by atoms with van der Waals surface area (Å²) in [5.41, 5.74) is 0. The second-order valence-corrected chi connectivity index (χ2v) is 6.01. The average Bonchev–Trinajstić information content (AvgIpc) is 2.42. The highest BCUT2D eigenvalue weighted by Crippen LogP contribution is 2.10. The smallest absolute Gasteiger partial charge is 0.303 e. The molecular weight excluding hydrogens is 264 g/mol. The van der Waals surface area contributed by atoms with E-state index in [1.807, 2.05) is 6.92 Å². The van der Waals surface area contributed by atoms with Crippen molar-refractivity contribution in [1.82, 2.24) is 0 Å². The number of carbonyl (C=O) groups is 1. The summed E-state index contributed by atoms with van der Waals surface area (Å²) < 4.78 is 0. The van der Waals surface area contributed by atoms with Crippen molar-refractivity contribution in [1.29, 1.82) is 0 Å². The Kier molecular flexibility index (Phi) is 14.9. The molecule has 124 valence electrons. The number of aliphatic carboxylic acids is 1. The van der Waals surface area contributed by atoms with E-state index >= 15 is 0 Å². The van der Waals surface area contributed by atoms with Gasteiger partial charge in [0.25, 0.3) is 0 Å². The van der Waals surface area contributed by atoms with Gasteiger partial charge < -0.3 is 10.2 Å². The number of allylic oxidation sites excluding steroid dienone is 2. The molecule has 2 N–H and O–H groups in total. The third-order valence-corrected chi connectivity index (χ3v) is 3.67. The average molecular weight is 298 g/mol. The molecule has 1 unspecified atom stereocenters. The molecule has 0 rings (SSSR count). The molecule has 0 radical (unpaired) electrons. The van der Waals surface area contributed by atoms with Crippen LogP contribution in [0.1, 0.15) is 90.4 Å². The highest BCUT2D eigenvalue weighted by molar-refractivity contribution is 5.66. The molecule has 0 fully saturated rings. The van der Waals surface area contributed by atoms with E-state index in [-0.39, 0.29) is 6.10 Å². The molecule has 0 bridgehead atoms. The van der Waals surface area contributed by atoms with E-state index in [4.69, 9.17) is 10.2 Å². The van der Waals surface area contributed by atoms with E-state index < -0.39 is 5.97 Å². The zero-order chi connectivity index (χ0) is 15.8. The molecule has 0 aromatic rings. The van der Waals surface area contributed by atoms with Crippen molar-refractivity contribution >= 4 is 5.97 Å². The fourth-order valence-corrected chi connectivity index (χ4v) is 2.36. The molecule has 1 atom stereocenters. The summed E-state index contributed by atoms with van der Waals surface area (Å²) in [6, 6.07) is 0. The van der Waals surface area contributed by atoms with Crippen LogP contribution in [-0.2, 0) is 4.79 Å². The van der Waals surface area contributed by atoms with E-state index in [0.717, 1.165) is 38.5 Å². The Bertz CT molecular complexity index is 259. The predicted molar refractivity (Wildman–Crippen MR) is 88.5 cm³/mol. The van der Waals surface area contributed by atoms with Crippen LogP contribution in [0.2, 0.25) is 0 Å². The molecule has 0 aliphatic rings. The van der Waals surface area contributed by atoms with Gasteiger partial charge in [-0.3, -0.25) is 4.79 Å². The number of aliphatic hydroxyl groups excluding tert-OH is 1. The van der Waals surface area contributed by atoms with Gasteiger partial charge in [0, 0.05) is 6.42 Å². The molecular formula is C18H34O3. The molecule has 21 heavy (non-hydrogen) atoms. The molecule has 0 aromatic carbocycles. The lowest BCUT2D eigenvalue weighted by Gasteiger charge is -2.02. The number of carboxylic acid groups (broad SMARTS) is 1. The first-order valence-electron chi connectivity index (χ1n) is 8.67. The Morgan fingerprint density at radius 2 is 1.33 bits per heavy atom. The Balaban J connectivity index is 3.10. The standard InChI is InChI=1S/C18H34O3/c1-17(19)15-13-11-9-7-5-3-2-4-6-8-10-12-14-16-18(20)21/h2-3,17,19H,4-16H2,1H3,(H,20,21). The maximum absolute atomic E-state index is 10.3. The van der Waals surface area contributed by atoms with E-state index in [1.54, 1.807) is 0 Å². The van der Waals surface area contributed by atoms with Gasteiger partial charge in [-0.25, -0.2) is 0 Å². The third kappa shape index (κ3) is 19.2. The van der Waals surface area contributed by atoms with Crippen LogP contribution in [0.15, 0.2) is 12.2 Å². The van der Waals surface area contributed by atoms with Crippen molar-refractivity contribution in [2.45, 2.75) is 96.5 Å². The van der Waals surface area contributed by atoms with Crippen LogP contribution in [0, 0.1) is 0 Å². The first-order valence-corrected chi connectivity index (χ1v) is 8.67. The van der Waals surface area contributed by atoms with Crippen LogP contribution in [-0.4, -0.2) is 22.3 Å². The highest BCUT2D eigenvalue weighted by atomic mass is 16.4. The molecule has 0 saturated carbocycles. The first kappa shape index (κ1) is 20.2. The van der Waals surface area contributed by atoms with Gasteiger partial charge in [-0.15, -0.1) is 0 Å². The van der Waals surface area contributed by atoms with Gasteiger partial charge in [-0.1, -0.05) is 50.7 Å². The SMILES string of the molecule is CC(O)CCCCCCC=CCCCCCCCC(=O)O. The zero-order valence-corrected chi connectivity index (χ0v) is 13.7. The number of hydrogen-bond donors (Lipinski definition) is 2. The number of aliphatic hydroxyl groups is 1. The van der Waals surface area contributed by atoms with Gasteiger partial charge in [-0.2, -0.15) is 0 Å². The summed E-state index contributed by atoms with van der Waals surface area (Å²) in [6.07, 6.45) is 18.4. The van der Waals surface area contributed by atoms with Crippen molar-refractivity contribution in [3.8, 4) is 0 Å². The monoisotopic (exact) mass is 298 g/mol. The summed E-state index contributed by atoms with van der Waals surface area (Å²) in [6.45, 7) is 1.86. The minimum absolute atomic E-state index is 0.144. The van der Waals surface area contributed by atoms with Crippen molar-refractivity contribution in [2.75, 3.05) is 0 Å². The maximum atomic E-state index is 10.3. The number of carboxylic acids is 1. The van der Waals surface area contributed by atoms with Crippen LogP contribution in [0.25, 0.3) is 0 Å². The second-order valence-electron chi connectivity index (χ2n) is 6.01. The Morgan fingerprint density at radius 3 is 1.86 bits per heavy atom. The van der Waals surface area contributed by atoms with E-state index in [2.05, 4.69) is 12.2 Å². The van der Waals surface area contributed by atoms with Crippen LogP contribution < -0.4 is 0 Å². The quantitative estimate of drug-likeness (QED) is 0.327. The number of unbranched alkanes of at least 4 members (excludes halogenated alkanes) is 9. The molecule has 0 amide bonds. The lowest BCUT2D eigenvalue weighted by molar-refractivity contribution is -0.137. The fourth-order valence-electron chi connectivity index (χ4n) is 2.36. The largest absolute Gasteiger partial charge is 0.481 e. The van der Waals surface area contributed by atoms with Gasteiger partial charge >= 0.3 is 5.97 Å². The molecule has 3 heteroatoms. The van der Waals surface area contributed by atoms with Gasteiger partial charge in [0.1, 0.15) is 0 Å². The molecule has 0 heterocycles. The molecule has 3 nitrogen and oxygen atoms in total. The minimum Gasteiger partial charge on any atom is -0.481 e. The Morgan fingerprint density at radius 1 is 0.857 bits per heavy atom. The van der Waals surface area contributed by atoms with Crippen molar-refractivity contribution < 1.29 is 15.0 Å². The summed E-state index contributed by atoms with van der Waals surface area (Å²) >= 11 is 0. The number of rotatable bonds is 15. The van der Waals surface area contributed by atoms with E-state index in [1.165, 1.54) is 38.5 Å². The predicted octanol–water partition coefficient (Wildman–Crippen LogP) is 5.08. The van der Waals surface area contributed by atoms with Crippen LogP contribution >= 0.6 is 0 Å². The second kappa shape index (κ2) is 15.6. The normalized spacial score (nSPS) is 12.9. The zero-order valence-electron chi connectivity index (χ0n) is 13.7. The van der Waals surface area contributed by atoms with Crippen LogP contribution in [0.3, 0.4) is 0 Å². The third-order valence-electron chi connectivity index (χ3n) is 3.67. The van der Waals surface area contributed by atoms with Crippen molar-refractivity contribution in [2.24, 2.45) is 0 Å². The molecule has 0 aliphatic heterocycles. The molecule has 0 aromatic heterocycles. The molecule has 0 aliphatic carbocycles. The topological polar surface area (TPSA) is 57.5 Å². The lowest BCUT2D eigenvalue weighted by Crippen LogP contribution is -1.98. The summed E-state index contributed by atoms with van der Waals surface area (Å²) in [4.78, 5) is 10.3. The van der Waals surface area contributed by atoms with Crippen LogP contribution in [0.4, 0.5) is 0 Å². The fraction of sp³-hybridized carbons (Fsp3) is 0.833. The Hall–Kier alpha value is -0.830. The number of hydrogen-bond acceptors (Lipinski definition) is 2. The summed E-state index contributed by atoms with van der Waals surface area (Å²) in [5.74, 6) is -0.677. The van der Waals surface area contributed by atoms with Gasteiger partial charge in [-0.05, 0) is 45.4 Å². The van der Waals surface area contributed by atoms with E-state index in [0.29, 0.717) is 6.42 Å². The molecule has 0 saturated heterocycles. The van der Waals surface area contributed by atoms with Crippen molar-refractivity contribution in [3.63, 3.8) is 0 Å². The summed E-state index contributed by atoms with van der Waals surface area (Å²) in [5, 5.41) is 17.6. The van der Waals surface area contributed by atoms with E-state index in [9.17, 15) is 4.79 Å². The van der Waals surface area contributed by atoms with Gasteiger partial charge in [0.15, 0.2) is 0 Å². The van der Waals surface area contributed by atoms with Crippen molar-refractivity contribution in [3.05, 3.63) is 12.2 Å². The Labute approximate surface area is 130 Å². The minimum atomic E-state index is -0.677. The maximum Gasteiger partial charge on any atom is 0.303 e. The first-order chi connectivity index (χ1) is 10.1. The van der Waals surface area contributed by atoms with Gasteiger partial charge in [0.2, 0.25) is 0 Å². The highest BCUT2D eigenvalue weighted by Gasteiger charge is 1.96.